The average molecular weight is 1030 g/mol. The van der Waals surface area contributed by atoms with Crippen molar-refractivity contribution in [2.75, 3.05) is 59.0 Å². The molecule has 3 fully saturated rings. The van der Waals surface area contributed by atoms with Gasteiger partial charge in [0.2, 0.25) is 12.0 Å². The van der Waals surface area contributed by atoms with Crippen molar-refractivity contribution in [3.63, 3.8) is 0 Å². The van der Waals surface area contributed by atoms with Crippen LogP contribution in [0, 0.1) is 11.3 Å². The Morgan fingerprint density at radius 1 is 0.803 bits per heavy atom. The topological polar surface area (TPSA) is 205 Å². The number of benzene rings is 4. The van der Waals surface area contributed by atoms with Gasteiger partial charge >= 0.3 is 17.9 Å². The molecule has 5 aliphatic heterocycles. The molecule has 2 aliphatic carbocycles. The number of nitrogens with one attached hydrogen (secondary N) is 1. The molecule has 7 aliphatic rings. The van der Waals surface area contributed by atoms with Crippen molar-refractivity contribution in [2.24, 2.45) is 11.3 Å². The number of rotatable bonds is 8. The number of fused-ring (bicyclic) bond motifs is 8. The molecule has 6 heterocycles. The highest BCUT2D eigenvalue weighted by molar-refractivity contribution is 6.28. The summed E-state index contributed by atoms with van der Waals surface area (Å²) in [6, 6.07) is 23.9. The summed E-state index contributed by atoms with van der Waals surface area (Å²) in [5.41, 5.74) is -1.13. The lowest BCUT2D eigenvalue weighted by atomic mass is 9.47. The first-order chi connectivity index (χ1) is 36.5. The number of ether oxygens (including phenoxy) is 4. The average Bonchev–Trinajstić information content (AvgIpc) is 3.94. The van der Waals surface area contributed by atoms with Crippen molar-refractivity contribution in [1.82, 2.24) is 14.8 Å². The number of hydrogen-bond donors (Lipinski definition) is 3. The van der Waals surface area contributed by atoms with Gasteiger partial charge in [0.15, 0.2) is 17.7 Å². The molecule has 76 heavy (non-hydrogen) atoms. The van der Waals surface area contributed by atoms with Crippen LogP contribution in [0.4, 0.5) is 5.69 Å². The van der Waals surface area contributed by atoms with Crippen LogP contribution in [0.5, 0.6) is 5.75 Å². The molecule has 396 valence electrons. The summed E-state index contributed by atoms with van der Waals surface area (Å²) < 4.78 is 23.7. The van der Waals surface area contributed by atoms with Crippen LogP contribution in [-0.2, 0) is 50.6 Å². The van der Waals surface area contributed by atoms with E-state index >= 15 is 4.79 Å². The molecule has 1 amide bonds. The van der Waals surface area contributed by atoms with E-state index in [2.05, 4.69) is 20.9 Å². The zero-order valence-corrected chi connectivity index (χ0v) is 43.7. The molecule has 2 saturated heterocycles. The summed E-state index contributed by atoms with van der Waals surface area (Å²) in [7, 11) is 4.09. The molecule has 1 spiro atoms. The monoisotopic (exact) mass is 1030 g/mol. The van der Waals surface area contributed by atoms with Gasteiger partial charge in [0.25, 0.3) is 0 Å². The lowest BCUT2D eigenvalue weighted by Crippen LogP contribution is -2.81. The molecular weight excluding hydrogens is 969 g/mol. The number of H-pyrrole nitrogens is 1. The molecule has 1 unspecified atom stereocenters. The highest BCUT2D eigenvalue weighted by Crippen LogP contribution is 2.68. The Labute approximate surface area is 440 Å². The second-order valence-electron chi connectivity index (χ2n) is 21.9. The van der Waals surface area contributed by atoms with Crippen LogP contribution in [0.15, 0.2) is 97.1 Å². The molecule has 12 rings (SSSR count). The summed E-state index contributed by atoms with van der Waals surface area (Å²) >= 11 is 0. The van der Waals surface area contributed by atoms with Gasteiger partial charge in [-0.05, 0) is 74.2 Å². The standard InChI is InChI=1S/C46H56N4O10.C14H8O2/c1-7-42(55)22-28-23-45(40(53)58-5,36-30(14-18-48(24-28)25-42)29-12-9-10-13-33(29)47-36)32-20-31-34(21-35(32)57-4)50(26-51)38-44(31)16-19-49-17-11-15-43(8-2,37(44)49)39(60-27(3)52)46(38,56)41(54)59-6;15-13-9-5-1-2-6-10(9)14(16)12-8-4-3-7-11(12)13/h9-13,15,20-21,26,28,37-39,47,55-56H,7-8,14,16-19,22-25H2,1-6H3;1-8H/t28-,37+,38-,39-,42+,43-,44-,45+,46+;/m1./s1. The van der Waals surface area contributed by atoms with Gasteiger partial charge in [0.1, 0.15) is 11.2 Å². The van der Waals surface area contributed by atoms with Crippen molar-refractivity contribution >= 4 is 52.5 Å². The number of aliphatic hydroxyl groups is 2. The fourth-order valence-electron chi connectivity index (χ4n) is 15.4. The third-order valence-corrected chi connectivity index (χ3v) is 18.3. The smallest absolute Gasteiger partial charge is 0.344 e. The Balaban J connectivity index is 0.000000326. The largest absolute Gasteiger partial charge is 0.496 e. The lowest BCUT2D eigenvalue weighted by molar-refractivity contribution is -0.228. The minimum Gasteiger partial charge on any atom is -0.496 e. The highest BCUT2D eigenvalue weighted by Gasteiger charge is 2.81. The number of nitrogens with zero attached hydrogens (tertiary/aromatic N) is 3. The Bertz CT molecular complexity index is 3170. The summed E-state index contributed by atoms with van der Waals surface area (Å²) in [6.07, 6.45) is 5.83. The van der Waals surface area contributed by atoms with Gasteiger partial charge in [-0.25, -0.2) is 4.79 Å². The minimum absolute atomic E-state index is 0.0641. The number of ketones is 2. The molecule has 16 heteroatoms. The van der Waals surface area contributed by atoms with Crippen LogP contribution in [0.25, 0.3) is 10.9 Å². The van der Waals surface area contributed by atoms with E-state index in [4.69, 9.17) is 18.9 Å². The molecule has 16 nitrogen and oxygen atoms in total. The first kappa shape index (κ1) is 51.1. The zero-order valence-electron chi connectivity index (χ0n) is 43.7. The Kier molecular flexibility index (Phi) is 12.5. The SMILES string of the molecule is CC[C@]1(O)C[C@H]2CN(CCc3c([nH]c4ccccc34)[C@@](C(=O)OC)(c3cc4c(cc3OC)N(C=O)[C@H]3[C@@](O)(C(=O)OC)[C@H](OC(C)=O)[C@]5(CC)C=CCN6CC[C@]43[C@@H]65)C2)C1.O=C1c2ccccc2C(=O)c2ccccc21. The molecule has 5 aromatic rings. The number of anilines is 1. The van der Waals surface area contributed by atoms with Crippen molar-refractivity contribution < 1.29 is 57.9 Å². The molecule has 1 aromatic heterocycles. The lowest BCUT2D eigenvalue weighted by Gasteiger charge is -2.63. The molecule has 3 N–H and O–H groups in total. The van der Waals surface area contributed by atoms with Gasteiger partial charge < -0.3 is 39.0 Å². The van der Waals surface area contributed by atoms with Gasteiger partial charge in [-0.15, -0.1) is 0 Å². The number of amides is 1. The number of hydrogen-bond acceptors (Lipinski definition) is 14. The van der Waals surface area contributed by atoms with Crippen LogP contribution in [0.1, 0.15) is 107 Å². The van der Waals surface area contributed by atoms with E-state index in [-0.39, 0.29) is 23.9 Å². The van der Waals surface area contributed by atoms with Crippen LogP contribution in [0.2, 0.25) is 0 Å². The van der Waals surface area contributed by atoms with Gasteiger partial charge in [0, 0.05) is 100 Å². The number of carbonyl (C=O) groups excluding carboxylic acids is 6. The predicted molar refractivity (Wildman–Crippen MR) is 280 cm³/mol. The van der Waals surface area contributed by atoms with Crippen LogP contribution >= 0.6 is 0 Å². The number of piperidine rings is 1. The van der Waals surface area contributed by atoms with Gasteiger partial charge in [0.05, 0.1) is 38.7 Å². The summed E-state index contributed by atoms with van der Waals surface area (Å²) in [5.74, 6) is -2.19. The molecule has 4 aromatic carbocycles. The third-order valence-electron chi connectivity index (χ3n) is 18.3. The first-order valence-corrected chi connectivity index (χ1v) is 26.3. The molecule has 0 radical (unpaired) electrons. The first-order valence-electron chi connectivity index (χ1n) is 26.3. The van der Waals surface area contributed by atoms with Crippen LogP contribution in [0.3, 0.4) is 0 Å². The Morgan fingerprint density at radius 3 is 2.04 bits per heavy atom. The number of para-hydroxylation sites is 1. The van der Waals surface area contributed by atoms with Gasteiger partial charge in [-0.1, -0.05) is 92.7 Å². The van der Waals surface area contributed by atoms with E-state index < -0.39 is 63.5 Å². The molecular formula is C60H64N4O12. The van der Waals surface area contributed by atoms with E-state index in [9.17, 15) is 34.2 Å². The third kappa shape index (κ3) is 7.09. The second kappa shape index (κ2) is 18.6. The normalized spacial score (nSPS) is 31.6. The Hall–Kier alpha value is -6.98. The summed E-state index contributed by atoms with van der Waals surface area (Å²) in [4.78, 5) is 90.3. The predicted octanol–water partition coefficient (Wildman–Crippen LogP) is 5.98. The van der Waals surface area contributed by atoms with Crippen molar-refractivity contribution in [2.45, 2.75) is 99.5 Å². The zero-order chi connectivity index (χ0) is 53.7. The van der Waals surface area contributed by atoms with E-state index in [1.54, 1.807) is 54.6 Å². The van der Waals surface area contributed by atoms with Gasteiger partial charge in [-0.2, -0.15) is 0 Å². The fraction of sp³-hybridized carbons (Fsp3) is 0.433. The number of aromatic amines is 1. The summed E-state index contributed by atoms with van der Waals surface area (Å²) in [5, 5.41) is 26.3. The number of carbonyl (C=O) groups is 6. The van der Waals surface area contributed by atoms with Crippen molar-refractivity contribution in [3.05, 3.63) is 142 Å². The number of aromatic nitrogens is 1. The maximum absolute atomic E-state index is 15.3. The van der Waals surface area contributed by atoms with Crippen molar-refractivity contribution in [1.29, 1.82) is 0 Å². The number of esters is 3. The van der Waals surface area contributed by atoms with Crippen LogP contribution in [-0.4, -0.2) is 144 Å². The molecule has 1 saturated carbocycles. The van der Waals surface area contributed by atoms with E-state index in [1.807, 2.05) is 50.3 Å². The maximum Gasteiger partial charge on any atom is 0.344 e. The minimum atomic E-state index is -2.53. The van der Waals surface area contributed by atoms with Crippen molar-refractivity contribution in [3.8, 4) is 5.75 Å². The van der Waals surface area contributed by atoms with E-state index in [0.29, 0.717) is 122 Å². The quantitative estimate of drug-likeness (QED) is 0.0695. The fourth-order valence-corrected chi connectivity index (χ4v) is 15.4. The highest BCUT2D eigenvalue weighted by atomic mass is 16.6. The van der Waals surface area contributed by atoms with Crippen LogP contribution < -0.4 is 9.64 Å². The second-order valence-corrected chi connectivity index (χ2v) is 21.9. The molecule has 2 bridgehead atoms. The Morgan fingerprint density at radius 2 is 1.45 bits per heavy atom. The van der Waals surface area contributed by atoms with Gasteiger partial charge in [-0.3, -0.25) is 33.8 Å². The maximum atomic E-state index is 15.3. The summed E-state index contributed by atoms with van der Waals surface area (Å²) in [6.45, 7) is 8.16. The number of methoxy groups -OCH3 is 3. The van der Waals surface area contributed by atoms with E-state index in [1.165, 1.54) is 33.2 Å². The van der Waals surface area contributed by atoms with E-state index in [0.717, 1.165) is 16.5 Å². The molecule has 10 atom stereocenters.